The molecule has 1 amide bonds. The Balaban J connectivity index is 1.66. The predicted molar refractivity (Wildman–Crippen MR) is 107 cm³/mol. The average Bonchev–Trinajstić information content (AvgIpc) is 2.87. The Hall–Kier alpha value is -2.29. The maximum atomic E-state index is 13.0. The number of amides is 1. The van der Waals surface area contributed by atoms with Crippen molar-refractivity contribution in [1.29, 1.82) is 0 Å². The monoisotopic (exact) mass is 405 g/mol. The summed E-state index contributed by atoms with van der Waals surface area (Å²) >= 11 is 0. The smallest absolute Gasteiger partial charge is 0.282 e. The van der Waals surface area contributed by atoms with Crippen LogP contribution in [0.1, 0.15) is 22.3 Å². The first-order valence-electron chi connectivity index (χ1n) is 9.04. The van der Waals surface area contributed by atoms with Crippen LogP contribution in [0, 0.1) is 26.6 Å². The Morgan fingerprint density at radius 2 is 1.61 bits per heavy atom. The second kappa shape index (κ2) is 7.98. The van der Waals surface area contributed by atoms with Gasteiger partial charge < -0.3 is 5.32 Å². The van der Waals surface area contributed by atoms with Crippen LogP contribution in [0.3, 0.4) is 0 Å². The van der Waals surface area contributed by atoms with Crippen molar-refractivity contribution < 1.29 is 17.6 Å². The molecule has 1 saturated heterocycles. The van der Waals surface area contributed by atoms with Gasteiger partial charge in [-0.3, -0.25) is 4.79 Å². The van der Waals surface area contributed by atoms with Crippen LogP contribution in [0.4, 0.5) is 10.1 Å². The molecule has 0 aromatic heterocycles. The number of carbonyl (C=O) groups excluding carboxylic acids is 1. The zero-order valence-corrected chi connectivity index (χ0v) is 17.0. The molecule has 0 spiro atoms. The lowest BCUT2D eigenvalue weighted by Gasteiger charge is -2.19. The molecule has 28 heavy (non-hydrogen) atoms. The number of anilines is 1. The third-order valence-corrected chi connectivity index (χ3v) is 6.71. The molecular weight excluding hydrogens is 381 g/mol. The standard InChI is InChI=1S/C20H24FN3O3S/c1-14-10-15(2)20(16(3)11-14)22-19(25)13-24-9-8-23(28(24,26)27)12-17-4-6-18(21)7-5-17/h4-7,10-11H,8-9,12-13H2,1-3H3,(H,22,25). The molecule has 1 heterocycles. The lowest BCUT2D eigenvalue weighted by molar-refractivity contribution is -0.116. The fourth-order valence-corrected chi connectivity index (χ4v) is 4.99. The quantitative estimate of drug-likeness (QED) is 0.832. The van der Waals surface area contributed by atoms with E-state index in [1.165, 1.54) is 20.7 Å². The van der Waals surface area contributed by atoms with E-state index in [1.54, 1.807) is 12.1 Å². The number of rotatable bonds is 5. The van der Waals surface area contributed by atoms with Crippen molar-refractivity contribution in [2.75, 3.05) is 25.0 Å². The summed E-state index contributed by atoms with van der Waals surface area (Å²) in [6.45, 7) is 6.24. The predicted octanol–water partition coefficient (Wildman–Crippen LogP) is 2.75. The van der Waals surface area contributed by atoms with Gasteiger partial charge in [0.1, 0.15) is 5.82 Å². The van der Waals surface area contributed by atoms with E-state index in [9.17, 15) is 17.6 Å². The molecule has 0 atom stereocenters. The van der Waals surface area contributed by atoms with Crippen LogP contribution >= 0.6 is 0 Å². The Morgan fingerprint density at radius 3 is 2.21 bits per heavy atom. The fraction of sp³-hybridized carbons (Fsp3) is 0.350. The molecule has 0 saturated carbocycles. The zero-order valence-electron chi connectivity index (χ0n) is 16.2. The third kappa shape index (κ3) is 4.40. The van der Waals surface area contributed by atoms with Crippen LogP contribution in [-0.2, 0) is 21.5 Å². The van der Waals surface area contributed by atoms with Gasteiger partial charge in [-0.25, -0.2) is 4.39 Å². The first-order valence-corrected chi connectivity index (χ1v) is 10.4. The molecule has 6 nitrogen and oxygen atoms in total. The Bertz CT molecular complexity index is 967. The van der Waals surface area contributed by atoms with E-state index in [1.807, 2.05) is 32.9 Å². The number of nitrogens with zero attached hydrogens (tertiary/aromatic N) is 2. The van der Waals surface area contributed by atoms with Gasteiger partial charge in [0.2, 0.25) is 5.91 Å². The fourth-order valence-electron chi connectivity index (χ4n) is 3.45. The molecule has 1 N–H and O–H groups in total. The van der Waals surface area contributed by atoms with E-state index in [-0.39, 0.29) is 37.9 Å². The second-order valence-corrected chi connectivity index (χ2v) is 9.05. The first-order chi connectivity index (χ1) is 13.2. The SMILES string of the molecule is Cc1cc(C)c(NC(=O)CN2CCN(Cc3ccc(F)cc3)S2(=O)=O)c(C)c1. The van der Waals surface area contributed by atoms with Gasteiger partial charge >= 0.3 is 0 Å². The van der Waals surface area contributed by atoms with Gasteiger partial charge in [-0.2, -0.15) is 17.0 Å². The van der Waals surface area contributed by atoms with Crippen LogP contribution in [0.5, 0.6) is 0 Å². The number of benzene rings is 2. The molecule has 2 aromatic carbocycles. The van der Waals surface area contributed by atoms with E-state index in [4.69, 9.17) is 0 Å². The highest BCUT2D eigenvalue weighted by Gasteiger charge is 2.37. The van der Waals surface area contributed by atoms with Gasteiger partial charge in [0.25, 0.3) is 10.2 Å². The number of hydrogen-bond donors (Lipinski definition) is 1. The van der Waals surface area contributed by atoms with Crippen LogP contribution in [0.15, 0.2) is 36.4 Å². The van der Waals surface area contributed by atoms with Crippen LogP contribution in [0.25, 0.3) is 0 Å². The summed E-state index contributed by atoms with van der Waals surface area (Å²) in [4.78, 5) is 12.5. The molecule has 1 fully saturated rings. The molecule has 0 aliphatic carbocycles. The lowest BCUT2D eigenvalue weighted by Crippen LogP contribution is -2.38. The summed E-state index contributed by atoms with van der Waals surface area (Å²) in [5.74, 6) is -0.740. The second-order valence-electron chi connectivity index (χ2n) is 7.12. The van der Waals surface area contributed by atoms with E-state index < -0.39 is 10.2 Å². The average molecular weight is 405 g/mol. The summed E-state index contributed by atoms with van der Waals surface area (Å²) < 4.78 is 41.0. The number of carbonyl (C=O) groups is 1. The molecular formula is C20H24FN3O3S. The van der Waals surface area contributed by atoms with Crippen molar-refractivity contribution in [3.05, 3.63) is 64.5 Å². The minimum Gasteiger partial charge on any atom is -0.324 e. The van der Waals surface area contributed by atoms with Crippen LogP contribution in [0.2, 0.25) is 0 Å². The normalized spacial score (nSPS) is 17.0. The van der Waals surface area contributed by atoms with Gasteiger partial charge in [0, 0.05) is 25.3 Å². The minimum atomic E-state index is -3.74. The van der Waals surface area contributed by atoms with E-state index >= 15 is 0 Å². The number of nitrogens with one attached hydrogen (secondary N) is 1. The number of halogens is 1. The summed E-state index contributed by atoms with van der Waals surface area (Å²) in [6.07, 6.45) is 0. The maximum Gasteiger partial charge on any atom is 0.282 e. The molecule has 2 aromatic rings. The Morgan fingerprint density at radius 1 is 1.04 bits per heavy atom. The van der Waals surface area contributed by atoms with Crippen LogP contribution in [-0.4, -0.2) is 42.6 Å². The zero-order chi connectivity index (χ0) is 20.5. The molecule has 0 bridgehead atoms. The highest BCUT2D eigenvalue weighted by atomic mass is 32.2. The summed E-state index contributed by atoms with van der Waals surface area (Å²) in [5.41, 5.74) is 4.39. The van der Waals surface area contributed by atoms with Gasteiger partial charge in [0.05, 0.1) is 6.54 Å². The first kappa shape index (κ1) is 20.4. The largest absolute Gasteiger partial charge is 0.324 e. The van der Waals surface area contributed by atoms with Gasteiger partial charge in [-0.05, 0) is 49.6 Å². The van der Waals surface area contributed by atoms with Gasteiger partial charge in [-0.15, -0.1) is 0 Å². The summed E-state index contributed by atoms with van der Waals surface area (Å²) in [5, 5.41) is 2.84. The van der Waals surface area contributed by atoms with E-state index in [0.29, 0.717) is 5.56 Å². The van der Waals surface area contributed by atoms with E-state index in [2.05, 4.69) is 5.32 Å². The summed E-state index contributed by atoms with van der Waals surface area (Å²) in [7, 11) is -3.74. The molecule has 1 aliphatic heterocycles. The number of aryl methyl sites for hydroxylation is 3. The molecule has 1 aliphatic rings. The van der Waals surface area contributed by atoms with E-state index in [0.717, 1.165) is 22.4 Å². The highest BCUT2D eigenvalue weighted by Crippen LogP contribution is 2.23. The topological polar surface area (TPSA) is 69.7 Å². The lowest BCUT2D eigenvalue weighted by atomic mass is 10.1. The molecule has 0 radical (unpaired) electrons. The molecule has 3 rings (SSSR count). The van der Waals surface area contributed by atoms with Gasteiger partial charge in [0.15, 0.2) is 0 Å². The van der Waals surface area contributed by atoms with Crippen LogP contribution < -0.4 is 5.32 Å². The molecule has 0 unspecified atom stereocenters. The summed E-state index contributed by atoms with van der Waals surface area (Å²) in [6, 6.07) is 9.66. The van der Waals surface area contributed by atoms with Crippen molar-refractivity contribution >= 4 is 21.8 Å². The molecule has 150 valence electrons. The van der Waals surface area contributed by atoms with Gasteiger partial charge in [-0.1, -0.05) is 29.8 Å². The third-order valence-electron chi connectivity index (χ3n) is 4.78. The minimum absolute atomic E-state index is 0.150. The van der Waals surface area contributed by atoms with Crippen molar-refractivity contribution in [1.82, 2.24) is 8.61 Å². The molecule has 8 heteroatoms. The Labute approximate surface area is 165 Å². The van der Waals surface area contributed by atoms with Crippen molar-refractivity contribution in [2.45, 2.75) is 27.3 Å². The highest BCUT2D eigenvalue weighted by molar-refractivity contribution is 7.87. The van der Waals surface area contributed by atoms with Crippen molar-refractivity contribution in [3.8, 4) is 0 Å². The van der Waals surface area contributed by atoms with Crippen molar-refractivity contribution in [3.63, 3.8) is 0 Å². The maximum absolute atomic E-state index is 13.0. The van der Waals surface area contributed by atoms with Crippen molar-refractivity contribution in [2.24, 2.45) is 0 Å². The number of hydrogen-bond acceptors (Lipinski definition) is 3. The Kier molecular flexibility index (Phi) is 5.83.